The molecule has 0 unspecified atom stereocenters. The van der Waals surface area contributed by atoms with Crippen molar-refractivity contribution in [2.75, 3.05) is 36.5 Å². The number of pyridine rings is 1. The Labute approximate surface area is 180 Å². The van der Waals surface area contributed by atoms with Gasteiger partial charge in [0.1, 0.15) is 17.2 Å². The van der Waals surface area contributed by atoms with Gasteiger partial charge < -0.3 is 25.4 Å². The van der Waals surface area contributed by atoms with E-state index in [1.54, 1.807) is 6.20 Å². The molecule has 0 aliphatic carbocycles. The van der Waals surface area contributed by atoms with Crippen LogP contribution in [0.3, 0.4) is 0 Å². The van der Waals surface area contributed by atoms with Crippen LogP contribution < -0.4 is 10.2 Å². The molecule has 8 nitrogen and oxygen atoms in total. The molecule has 1 fully saturated rings. The Morgan fingerprint density at radius 3 is 2.68 bits per heavy atom. The van der Waals surface area contributed by atoms with Gasteiger partial charge in [0.25, 0.3) is 0 Å². The second kappa shape index (κ2) is 8.13. The van der Waals surface area contributed by atoms with Crippen LogP contribution >= 0.6 is 0 Å². The molecule has 0 amide bonds. The maximum Gasteiger partial charge on any atom is 0.182 e. The Kier molecular flexibility index (Phi) is 5.17. The third kappa shape index (κ3) is 3.92. The lowest BCUT2D eigenvalue weighted by Crippen LogP contribution is -2.44. The Bertz CT molecular complexity index is 1190. The van der Waals surface area contributed by atoms with Crippen molar-refractivity contribution in [3.63, 3.8) is 0 Å². The van der Waals surface area contributed by atoms with Crippen molar-refractivity contribution < 1.29 is 10.2 Å². The first-order valence-electron chi connectivity index (χ1n) is 10.6. The minimum Gasteiger partial charge on any atom is -0.396 e. The number of H-pyrrole nitrogens is 1. The lowest BCUT2D eigenvalue weighted by molar-refractivity contribution is 0.0340. The van der Waals surface area contributed by atoms with Gasteiger partial charge >= 0.3 is 0 Å². The van der Waals surface area contributed by atoms with Crippen molar-refractivity contribution in [2.45, 2.75) is 19.4 Å². The van der Waals surface area contributed by atoms with Crippen LogP contribution in [-0.2, 0) is 6.54 Å². The summed E-state index contributed by atoms with van der Waals surface area (Å²) in [5, 5.41) is 23.8. The van der Waals surface area contributed by atoms with E-state index in [2.05, 4.69) is 49.4 Å². The molecule has 3 aromatic heterocycles. The Morgan fingerprint density at radius 1 is 1.03 bits per heavy atom. The number of nitrogens with one attached hydrogen (secondary N) is 2. The molecule has 31 heavy (non-hydrogen) atoms. The number of hydrogen-bond acceptors (Lipinski definition) is 7. The molecule has 8 heteroatoms. The molecule has 0 atom stereocenters. The average molecular weight is 419 g/mol. The third-order valence-electron chi connectivity index (χ3n) is 6.30. The summed E-state index contributed by atoms with van der Waals surface area (Å²) in [5.41, 5.74) is 3.24. The summed E-state index contributed by atoms with van der Waals surface area (Å²) >= 11 is 0. The summed E-state index contributed by atoms with van der Waals surface area (Å²) in [6.07, 6.45) is 5.14. The minimum atomic E-state index is -0.382. The second-order valence-corrected chi connectivity index (χ2v) is 8.32. The van der Waals surface area contributed by atoms with Gasteiger partial charge in [-0.05, 0) is 48.1 Å². The highest BCUT2D eigenvalue weighted by Gasteiger charge is 2.33. The fourth-order valence-corrected chi connectivity index (χ4v) is 4.12. The van der Waals surface area contributed by atoms with Gasteiger partial charge in [-0.25, -0.2) is 15.0 Å². The maximum atomic E-state index is 9.62. The number of aliphatic hydroxyl groups is 2. The van der Waals surface area contributed by atoms with Gasteiger partial charge in [0.05, 0.1) is 19.4 Å². The standard InChI is InChI=1S/C23H26N6O2/c30-14-23(15-31)6-9-29(10-7-23)21-4-3-18-22(28-21)27-20(13-25-18)26-12-16-1-2-17-5-8-24-19(17)11-16/h1-5,8,11,13,24,30-31H,6-7,9-10,12,14-15H2,(H,26,27,28). The zero-order valence-electron chi connectivity index (χ0n) is 17.3. The number of aliphatic hydroxyl groups excluding tert-OH is 2. The molecule has 0 radical (unpaired) electrons. The van der Waals surface area contributed by atoms with Crippen molar-refractivity contribution in [3.8, 4) is 0 Å². The highest BCUT2D eigenvalue weighted by atomic mass is 16.3. The molecule has 0 saturated carbocycles. The van der Waals surface area contributed by atoms with E-state index in [-0.39, 0.29) is 18.6 Å². The van der Waals surface area contributed by atoms with Gasteiger partial charge in [-0.15, -0.1) is 0 Å². The molecule has 0 bridgehead atoms. The van der Waals surface area contributed by atoms with E-state index in [0.29, 0.717) is 18.0 Å². The zero-order valence-corrected chi connectivity index (χ0v) is 17.3. The number of anilines is 2. The van der Waals surface area contributed by atoms with Crippen LogP contribution in [0.25, 0.3) is 22.1 Å². The molecule has 1 aromatic carbocycles. The van der Waals surface area contributed by atoms with Crippen LogP contribution in [0.1, 0.15) is 18.4 Å². The van der Waals surface area contributed by atoms with Gasteiger partial charge in [-0.3, -0.25) is 0 Å². The summed E-state index contributed by atoms with van der Waals surface area (Å²) in [6.45, 7) is 2.16. The molecule has 4 heterocycles. The second-order valence-electron chi connectivity index (χ2n) is 8.32. The van der Waals surface area contributed by atoms with E-state index in [4.69, 9.17) is 4.98 Å². The molecule has 1 aliphatic rings. The fourth-order valence-electron chi connectivity index (χ4n) is 4.12. The molecule has 160 valence electrons. The smallest absolute Gasteiger partial charge is 0.182 e. The Balaban J connectivity index is 1.31. The molecular weight excluding hydrogens is 392 g/mol. The number of rotatable bonds is 6. The first-order valence-corrected chi connectivity index (χ1v) is 10.6. The van der Waals surface area contributed by atoms with Gasteiger partial charge in [-0.1, -0.05) is 12.1 Å². The van der Waals surface area contributed by atoms with Gasteiger partial charge in [0.2, 0.25) is 0 Å². The van der Waals surface area contributed by atoms with Gasteiger partial charge in [0.15, 0.2) is 5.65 Å². The predicted octanol–water partition coefficient (Wildman–Crippen LogP) is 2.69. The summed E-state index contributed by atoms with van der Waals surface area (Å²) in [7, 11) is 0. The molecule has 0 spiro atoms. The highest BCUT2D eigenvalue weighted by molar-refractivity contribution is 5.80. The van der Waals surface area contributed by atoms with Crippen molar-refractivity contribution in [2.24, 2.45) is 5.41 Å². The number of nitrogens with zero attached hydrogens (tertiary/aromatic N) is 4. The number of piperidine rings is 1. The zero-order chi connectivity index (χ0) is 21.3. The van der Waals surface area contributed by atoms with E-state index < -0.39 is 0 Å². The van der Waals surface area contributed by atoms with Crippen molar-refractivity contribution in [1.82, 2.24) is 19.9 Å². The molecule has 4 N–H and O–H groups in total. The quantitative estimate of drug-likeness (QED) is 0.381. The van der Waals surface area contributed by atoms with Crippen LogP contribution in [-0.4, -0.2) is 56.5 Å². The maximum absolute atomic E-state index is 9.62. The fraction of sp³-hybridized carbons (Fsp3) is 0.348. The first kappa shape index (κ1) is 19.7. The van der Waals surface area contributed by atoms with E-state index in [0.717, 1.165) is 48.3 Å². The lowest BCUT2D eigenvalue weighted by atomic mass is 9.80. The van der Waals surface area contributed by atoms with Crippen LogP contribution in [0.2, 0.25) is 0 Å². The van der Waals surface area contributed by atoms with Gasteiger partial charge in [0, 0.05) is 36.8 Å². The topological polar surface area (TPSA) is 110 Å². The first-order chi connectivity index (χ1) is 15.2. The van der Waals surface area contributed by atoms with Gasteiger partial charge in [-0.2, -0.15) is 0 Å². The number of fused-ring (bicyclic) bond motifs is 2. The SMILES string of the molecule is OCC1(CO)CCN(c2ccc3ncc(NCc4ccc5cc[nH]c5c4)nc3n2)CC1. The summed E-state index contributed by atoms with van der Waals surface area (Å²) in [5.74, 6) is 1.53. The average Bonchev–Trinajstić information content (AvgIpc) is 3.30. The minimum absolute atomic E-state index is 0.0137. The summed E-state index contributed by atoms with van der Waals surface area (Å²) < 4.78 is 0. The van der Waals surface area contributed by atoms with Crippen LogP contribution in [0.5, 0.6) is 0 Å². The van der Waals surface area contributed by atoms with Crippen molar-refractivity contribution in [1.29, 1.82) is 0 Å². The Hall–Kier alpha value is -3.23. The Morgan fingerprint density at radius 2 is 1.87 bits per heavy atom. The lowest BCUT2D eigenvalue weighted by Gasteiger charge is -2.40. The number of hydrogen-bond donors (Lipinski definition) is 4. The molecule has 1 aliphatic heterocycles. The predicted molar refractivity (Wildman–Crippen MR) is 121 cm³/mol. The van der Waals surface area contributed by atoms with E-state index in [1.165, 1.54) is 5.39 Å². The number of benzene rings is 1. The van der Waals surface area contributed by atoms with Crippen LogP contribution in [0, 0.1) is 5.41 Å². The normalized spacial score (nSPS) is 16.1. The molecule has 1 saturated heterocycles. The van der Waals surface area contributed by atoms with Crippen LogP contribution in [0.15, 0.2) is 48.8 Å². The van der Waals surface area contributed by atoms with E-state index >= 15 is 0 Å². The number of aromatic amines is 1. The molecule has 4 aromatic rings. The van der Waals surface area contributed by atoms with E-state index in [9.17, 15) is 10.2 Å². The van der Waals surface area contributed by atoms with Crippen molar-refractivity contribution in [3.05, 3.63) is 54.4 Å². The summed E-state index contributed by atoms with van der Waals surface area (Å²) in [4.78, 5) is 19.3. The van der Waals surface area contributed by atoms with E-state index in [1.807, 2.05) is 18.3 Å². The molecular formula is C23H26N6O2. The largest absolute Gasteiger partial charge is 0.396 e. The summed E-state index contributed by atoms with van der Waals surface area (Å²) in [6, 6.07) is 12.3. The monoisotopic (exact) mass is 418 g/mol. The van der Waals surface area contributed by atoms with Crippen LogP contribution in [0.4, 0.5) is 11.6 Å². The highest BCUT2D eigenvalue weighted by Crippen LogP contribution is 2.32. The van der Waals surface area contributed by atoms with Crippen molar-refractivity contribution >= 4 is 33.7 Å². The third-order valence-corrected chi connectivity index (χ3v) is 6.30. The number of aromatic nitrogens is 4. The molecule has 5 rings (SSSR count).